The van der Waals surface area contributed by atoms with E-state index < -0.39 is 5.97 Å². The molecule has 1 N–H and O–H groups in total. The quantitative estimate of drug-likeness (QED) is 0.886. The van der Waals surface area contributed by atoms with Crippen molar-refractivity contribution in [1.82, 2.24) is 4.90 Å². The largest absolute Gasteiger partial charge is 0.481 e. The minimum atomic E-state index is -0.707. The van der Waals surface area contributed by atoms with Gasteiger partial charge in [-0.05, 0) is 56.3 Å². The van der Waals surface area contributed by atoms with Crippen LogP contribution >= 0.6 is 0 Å². The summed E-state index contributed by atoms with van der Waals surface area (Å²) in [5.41, 5.74) is 2.67. The number of likely N-dealkylation sites (tertiary alicyclic amines) is 1. The van der Waals surface area contributed by atoms with Gasteiger partial charge in [0.15, 0.2) is 0 Å². The number of hydrogen-bond acceptors (Lipinski definition) is 2. The Morgan fingerprint density at radius 1 is 1.37 bits per heavy atom. The molecule has 1 aromatic carbocycles. The van der Waals surface area contributed by atoms with E-state index in [1.807, 2.05) is 0 Å². The zero-order valence-corrected chi connectivity index (χ0v) is 11.6. The highest BCUT2D eigenvalue weighted by Gasteiger charge is 2.18. The third-order valence-corrected chi connectivity index (χ3v) is 3.93. The molecule has 1 heterocycles. The SMILES string of the molecule is CN1CCCC(c2ccc(CCCC(=O)O)cc2)C1. The van der Waals surface area contributed by atoms with Crippen LogP contribution in [0.2, 0.25) is 0 Å². The zero-order chi connectivity index (χ0) is 13.7. The fourth-order valence-electron chi connectivity index (χ4n) is 2.84. The van der Waals surface area contributed by atoms with Crippen molar-refractivity contribution in [1.29, 1.82) is 0 Å². The summed E-state index contributed by atoms with van der Waals surface area (Å²) in [4.78, 5) is 12.9. The van der Waals surface area contributed by atoms with Crippen LogP contribution in [0.5, 0.6) is 0 Å². The Bertz CT molecular complexity index is 413. The first-order valence-corrected chi connectivity index (χ1v) is 7.14. The van der Waals surface area contributed by atoms with Gasteiger partial charge in [-0.3, -0.25) is 4.79 Å². The van der Waals surface area contributed by atoms with Crippen LogP contribution in [0.3, 0.4) is 0 Å². The van der Waals surface area contributed by atoms with Crippen LogP contribution in [0.25, 0.3) is 0 Å². The Morgan fingerprint density at radius 2 is 2.11 bits per heavy atom. The molecule has 0 radical (unpaired) electrons. The van der Waals surface area contributed by atoms with Crippen LogP contribution < -0.4 is 0 Å². The minimum Gasteiger partial charge on any atom is -0.481 e. The molecule has 0 aliphatic carbocycles. The number of carboxylic acid groups (broad SMARTS) is 1. The second kappa shape index (κ2) is 6.71. The number of piperidine rings is 1. The Morgan fingerprint density at radius 3 is 2.74 bits per heavy atom. The van der Waals surface area contributed by atoms with Gasteiger partial charge in [-0.15, -0.1) is 0 Å². The number of likely N-dealkylation sites (N-methyl/N-ethyl adjacent to an activating group) is 1. The van der Waals surface area contributed by atoms with E-state index in [2.05, 4.69) is 36.2 Å². The molecule has 3 heteroatoms. The molecule has 1 saturated heterocycles. The second-order valence-electron chi connectivity index (χ2n) is 5.59. The van der Waals surface area contributed by atoms with Crippen LogP contribution in [-0.4, -0.2) is 36.1 Å². The Hall–Kier alpha value is -1.35. The lowest BCUT2D eigenvalue weighted by atomic mass is 9.90. The van der Waals surface area contributed by atoms with E-state index in [9.17, 15) is 4.79 Å². The van der Waals surface area contributed by atoms with Crippen LogP contribution in [0, 0.1) is 0 Å². The van der Waals surface area contributed by atoms with Crippen molar-refractivity contribution >= 4 is 5.97 Å². The Labute approximate surface area is 115 Å². The Balaban J connectivity index is 1.88. The number of nitrogens with zero attached hydrogens (tertiary/aromatic N) is 1. The highest BCUT2D eigenvalue weighted by Crippen LogP contribution is 2.26. The van der Waals surface area contributed by atoms with E-state index in [-0.39, 0.29) is 6.42 Å². The molecule has 1 aliphatic rings. The van der Waals surface area contributed by atoms with Crippen LogP contribution in [0.15, 0.2) is 24.3 Å². The minimum absolute atomic E-state index is 0.259. The molecular formula is C16H23NO2. The van der Waals surface area contributed by atoms with Gasteiger partial charge in [-0.1, -0.05) is 24.3 Å². The van der Waals surface area contributed by atoms with E-state index in [0.29, 0.717) is 5.92 Å². The van der Waals surface area contributed by atoms with Gasteiger partial charge in [0, 0.05) is 13.0 Å². The number of carboxylic acids is 1. The zero-order valence-electron chi connectivity index (χ0n) is 11.6. The summed E-state index contributed by atoms with van der Waals surface area (Å²) in [6.07, 6.45) is 4.40. The van der Waals surface area contributed by atoms with Gasteiger partial charge in [-0.2, -0.15) is 0 Å². The maximum Gasteiger partial charge on any atom is 0.303 e. The van der Waals surface area contributed by atoms with E-state index in [4.69, 9.17) is 5.11 Å². The molecule has 0 saturated carbocycles. The van der Waals surface area contributed by atoms with Crippen LogP contribution in [0.1, 0.15) is 42.7 Å². The lowest BCUT2D eigenvalue weighted by Gasteiger charge is -2.30. The van der Waals surface area contributed by atoms with E-state index in [0.717, 1.165) is 19.4 Å². The number of hydrogen-bond donors (Lipinski definition) is 1. The van der Waals surface area contributed by atoms with Gasteiger partial charge >= 0.3 is 5.97 Å². The van der Waals surface area contributed by atoms with Crippen molar-refractivity contribution in [3.63, 3.8) is 0 Å². The molecule has 0 bridgehead atoms. The third kappa shape index (κ3) is 4.35. The first-order valence-electron chi connectivity index (χ1n) is 7.14. The van der Waals surface area contributed by atoms with Gasteiger partial charge in [0.25, 0.3) is 0 Å². The molecule has 1 aliphatic heterocycles. The van der Waals surface area contributed by atoms with Gasteiger partial charge in [0.05, 0.1) is 0 Å². The predicted octanol–water partition coefficient (Wildman–Crippen LogP) is 2.90. The summed E-state index contributed by atoms with van der Waals surface area (Å²) in [7, 11) is 2.19. The molecule has 3 nitrogen and oxygen atoms in total. The van der Waals surface area contributed by atoms with Crippen LogP contribution in [0.4, 0.5) is 0 Å². The molecule has 0 aromatic heterocycles. The maximum atomic E-state index is 10.5. The van der Waals surface area contributed by atoms with Crippen molar-refractivity contribution in [2.75, 3.05) is 20.1 Å². The molecule has 104 valence electrons. The van der Waals surface area contributed by atoms with E-state index in [1.54, 1.807) is 0 Å². The maximum absolute atomic E-state index is 10.5. The molecular weight excluding hydrogens is 238 g/mol. The predicted molar refractivity (Wildman–Crippen MR) is 76.5 cm³/mol. The first-order chi connectivity index (χ1) is 9.15. The Kier molecular flexibility index (Phi) is 4.97. The highest BCUT2D eigenvalue weighted by atomic mass is 16.4. The topological polar surface area (TPSA) is 40.5 Å². The summed E-state index contributed by atoms with van der Waals surface area (Å²) < 4.78 is 0. The molecule has 2 rings (SSSR count). The van der Waals surface area contributed by atoms with Crippen molar-refractivity contribution in [3.05, 3.63) is 35.4 Å². The summed E-state index contributed by atoms with van der Waals surface area (Å²) in [6.45, 7) is 2.36. The fraction of sp³-hybridized carbons (Fsp3) is 0.562. The monoisotopic (exact) mass is 261 g/mol. The fourth-order valence-corrected chi connectivity index (χ4v) is 2.84. The highest BCUT2D eigenvalue weighted by molar-refractivity contribution is 5.66. The molecule has 1 unspecified atom stereocenters. The summed E-state index contributed by atoms with van der Waals surface area (Å²) in [6, 6.07) is 8.76. The first kappa shape index (κ1) is 14.1. The van der Waals surface area contributed by atoms with Gasteiger partial charge in [0.1, 0.15) is 0 Å². The number of carbonyl (C=O) groups is 1. The number of aryl methyl sites for hydroxylation is 1. The van der Waals surface area contributed by atoms with Crippen molar-refractivity contribution in [2.24, 2.45) is 0 Å². The van der Waals surface area contributed by atoms with Crippen molar-refractivity contribution in [2.45, 2.75) is 38.0 Å². The third-order valence-electron chi connectivity index (χ3n) is 3.93. The van der Waals surface area contributed by atoms with Crippen molar-refractivity contribution in [3.8, 4) is 0 Å². The number of rotatable bonds is 5. The molecule has 0 spiro atoms. The standard InChI is InChI=1S/C16H23NO2/c1-17-11-3-5-15(12-17)14-9-7-13(8-10-14)4-2-6-16(18)19/h7-10,15H,2-6,11-12H2,1H3,(H,18,19). The van der Waals surface area contributed by atoms with E-state index in [1.165, 1.54) is 30.5 Å². The van der Waals surface area contributed by atoms with Crippen molar-refractivity contribution < 1.29 is 9.90 Å². The molecule has 1 atom stereocenters. The van der Waals surface area contributed by atoms with Gasteiger partial charge in [0.2, 0.25) is 0 Å². The number of aliphatic carboxylic acids is 1. The molecule has 1 aromatic rings. The molecule has 1 fully saturated rings. The molecule has 19 heavy (non-hydrogen) atoms. The normalized spacial score (nSPS) is 20.4. The van der Waals surface area contributed by atoms with E-state index >= 15 is 0 Å². The average Bonchev–Trinajstić information content (AvgIpc) is 2.39. The smallest absolute Gasteiger partial charge is 0.303 e. The summed E-state index contributed by atoms with van der Waals surface area (Å²) in [5, 5.41) is 8.63. The average molecular weight is 261 g/mol. The number of benzene rings is 1. The lowest BCUT2D eigenvalue weighted by molar-refractivity contribution is -0.137. The summed E-state index contributed by atoms with van der Waals surface area (Å²) >= 11 is 0. The summed E-state index contributed by atoms with van der Waals surface area (Å²) in [5.74, 6) is -0.0475. The van der Waals surface area contributed by atoms with Gasteiger partial charge in [-0.25, -0.2) is 0 Å². The lowest BCUT2D eigenvalue weighted by Crippen LogP contribution is -2.30. The van der Waals surface area contributed by atoms with Gasteiger partial charge < -0.3 is 10.0 Å². The molecule has 0 amide bonds. The second-order valence-corrected chi connectivity index (χ2v) is 5.59. The van der Waals surface area contributed by atoms with Crippen LogP contribution in [-0.2, 0) is 11.2 Å².